The molecule has 0 spiro atoms. The highest BCUT2D eigenvalue weighted by atomic mass is 32.2. The van der Waals surface area contributed by atoms with Crippen molar-refractivity contribution in [1.82, 2.24) is 10.3 Å². The first-order valence-corrected chi connectivity index (χ1v) is 13.3. The van der Waals surface area contributed by atoms with Crippen LogP contribution in [0.2, 0.25) is 0 Å². The van der Waals surface area contributed by atoms with Gasteiger partial charge in [-0.2, -0.15) is 0 Å². The van der Waals surface area contributed by atoms with Gasteiger partial charge in [0.2, 0.25) is 5.91 Å². The molecular formula is C23H26FN3O4S2. The van der Waals surface area contributed by atoms with Crippen molar-refractivity contribution in [2.24, 2.45) is 5.73 Å². The molecule has 7 nitrogen and oxygen atoms in total. The highest BCUT2D eigenvalue weighted by molar-refractivity contribution is 7.91. The number of hydrogen-bond donors (Lipinski definition) is 2. The summed E-state index contributed by atoms with van der Waals surface area (Å²) in [6.45, 7) is 0. The third-order valence-corrected chi connectivity index (χ3v) is 8.83. The van der Waals surface area contributed by atoms with E-state index in [1.54, 1.807) is 25.3 Å². The molecule has 0 bridgehead atoms. The lowest BCUT2D eigenvalue weighted by atomic mass is 9.92. The zero-order valence-corrected chi connectivity index (χ0v) is 19.8. The Morgan fingerprint density at radius 1 is 1.27 bits per heavy atom. The van der Waals surface area contributed by atoms with Gasteiger partial charge in [-0.1, -0.05) is 18.2 Å². The molecule has 176 valence electrons. The van der Waals surface area contributed by atoms with Crippen LogP contribution < -0.4 is 15.8 Å². The largest absolute Gasteiger partial charge is 0.497 e. The minimum atomic E-state index is -3.17. The molecule has 10 heteroatoms. The van der Waals surface area contributed by atoms with Gasteiger partial charge in [-0.25, -0.2) is 17.8 Å². The number of thiazole rings is 1. The number of aromatic nitrogens is 1. The fraction of sp³-hybridized carbons (Fsp3) is 0.391. The molecule has 33 heavy (non-hydrogen) atoms. The minimum absolute atomic E-state index is 0.0123. The molecule has 1 atom stereocenters. The van der Waals surface area contributed by atoms with E-state index in [1.807, 2.05) is 18.2 Å². The Kier molecular flexibility index (Phi) is 6.69. The maximum Gasteiger partial charge on any atom is 0.222 e. The van der Waals surface area contributed by atoms with Gasteiger partial charge in [0.1, 0.15) is 16.6 Å². The number of benzene rings is 2. The first-order chi connectivity index (χ1) is 15.7. The van der Waals surface area contributed by atoms with Crippen LogP contribution in [-0.2, 0) is 26.6 Å². The van der Waals surface area contributed by atoms with Crippen molar-refractivity contribution >= 4 is 37.3 Å². The minimum Gasteiger partial charge on any atom is -0.497 e. The van der Waals surface area contributed by atoms with Crippen molar-refractivity contribution in [3.05, 3.63) is 58.9 Å². The predicted octanol–water partition coefficient (Wildman–Crippen LogP) is 2.92. The van der Waals surface area contributed by atoms with Crippen LogP contribution in [0.1, 0.15) is 29.8 Å². The molecule has 3 N–H and O–H groups in total. The third kappa shape index (κ3) is 5.34. The number of carbonyl (C=O) groups is 1. The quantitative estimate of drug-likeness (QED) is 0.526. The second-order valence-electron chi connectivity index (χ2n) is 8.39. The summed E-state index contributed by atoms with van der Waals surface area (Å²) in [5, 5.41) is 3.71. The van der Waals surface area contributed by atoms with E-state index in [4.69, 9.17) is 15.5 Å². The summed E-state index contributed by atoms with van der Waals surface area (Å²) in [5.41, 5.74) is 6.47. The van der Waals surface area contributed by atoms with Crippen LogP contribution in [0.5, 0.6) is 5.75 Å². The second kappa shape index (κ2) is 9.36. The number of fused-ring (bicyclic) bond motifs is 1. The average molecular weight is 492 g/mol. The monoisotopic (exact) mass is 491 g/mol. The zero-order valence-electron chi connectivity index (χ0n) is 18.2. The molecular weight excluding hydrogens is 465 g/mol. The first-order valence-electron chi connectivity index (χ1n) is 10.7. The van der Waals surface area contributed by atoms with E-state index < -0.39 is 21.4 Å². The lowest BCUT2D eigenvalue weighted by Crippen LogP contribution is -2.51. The number of amides is 1. The van der Waals surface area contributed by atoms with Crippen molar-refractivity contribution in [3.63, 3.8) is 0 Å². The molecule has 1 amide bonds. The van der Waals surface area contributed by atoms with Gasteiger partial charge in [0, 0.05) is 12.5 Å². The van der Waals surface area contributed by atoms with Crippen molar-refractivity contribution in [1.29, 1.82) is 0 Å². The van der Waals surface area contributed by atoms with Crippen molar-refractivity contribution in [3.8, 4) is 5.75 Å². The summed E-state index contributed by atoms with van der Waals surface area (Å²) in [6.07, 6.45) is 0.686. The number of halogens is 1. The van der Waals surface area contributed by atoms with Crippen LogP contribution in [0.25, 0.3) is 10.2 Å². The smallest absolute Gasteiger partial charge is 0.222 e. The van der Waals surface area contributed by atoms with Gasteiger partial charge in [0.05, 0.1) is 34.4 Å². The summed E-state index contributed by atoms with van der Waals surface area (Å²) >= 11 is 1.42. The summed E-state index contributed by atoms with van der Waals surface area (Å²) in [5.74, 6) is -0.0370. The van der Waals surface area contributed by atoms with Gasteiger partial charge in [0.15, 0.2) is 9.84 Å². The lowest BCUT2D eigenvalue weighted by Gasteiger charge is -2.36. The number of rotatable bonds is 7. The summed E-state index contributed by atoms with van der Waals surface area (Å²) in [7, 11) is -1.58. The molecule has 1 aliphatic heterocycles. The third-order valence-electron chi connectivity index (χ3n) is 5.95. The Morgan fingerprint density at radius 3 is 2.70 bits per heavy atom. The van der Waals surface area contributed by atoms with E-state index in [2.05, 4.69) is 5.32 Å². The van der Waals surface area contributed by atoms with E-state index in [9.17, 15) is 17.6 Å². The fourth-order valence-corrected chi connectivity index (χ4v) is 6.81. The molecule has 0 radical (unpaired) electrons. The Hall–Kier alpha value is -2.56. The molecule has 2 heterocycles. The van der Waals surface area contributed by atoms with Crippen LogP contribution >= 0.6 is 11.3 Å². The molecule has 1 aromatic heterocycles. The van der Waals surface area contributed by atoms with Crippen LogP contribution in [0.4, 0.5) is 4.39 Å². The molecule has 1 saturated heterocycles. The number of sulfone groups is 1. The zero-order chi connectivity index (χ0) is 23.6. The van der Waals surface area contributed by atoms with Crippen molar-refractivity contribution < 1.29 is 22.3 Å². The van der Waals surface area contributed by atoms with E-state index in [0.29, 0.717) is 16.3 Å². The summed E-state index contributed by atoms with van der Waals surface area (Å²) < 4.78 is 44.4. The van der Waals surface area contributed by atoms with Gasteiger partial charge in [0.25, 0.3) is 0 Å². The number of ether oxygens (including phenoxy) is 1. The molecule has 0 unspecified atom stereocenters. The predicted molar refractivity (Wildman–Crippen MR) is 127 cm³/mol. The number of nitrogens with zero attached hydrogens (tertiary/aromatic N) is 1. The summed E-state index contributed by atoms with van der Waals surface area (Å²) in [6, 6.07) is 11.3. The fourth-order valence-electron chi connectivity index (χ4n) is 4.09. The lowest BCUT2D eigenvalue weighted by molar-refractivity contribution is -0.123. The number of nitrogens with two attached hydrogens (primary N) is 1. The van der Waals surface area contributed by atoms with Gasteiger partial charge >= 0.3 is 0 Å². The Balaban J connectivity index is 1.56. The van der Waals surface area contributed by atoms with E-state index in [0.717, 1.165) is 10.2 Å². The molecule has 0 saturated carbocycles. The average Bonchev–Trinajstić information content (AvgIpc) is 3.21. The SMILES string of the molecule is COc1ccc2nc(C3(NC(=O)C[C@H](N)Cc4ccccc4F)CCS(=O)(=O)CC3)sc2c1. The Labute approximate surface area is 196 Å². The van der Waals surface area contributed by atoms with Gasteiger partial charge < -0.3 is 15.8 Å². The molecule has 1 fully saturated rings. The Morgan fingerprint density at radius 2 is 2.00 bits per heavy atom. The van der Waals surface area contributed by atoms with Gasteiger partial charge in [-0.15, -0.1) is 11.3 Å². The number of nitrogens with one attached hydrogen (secondary N) is 1. The molecule has 3 aromatic rings. The van der Waals surface area contributed by atoms with Gasteiger partial charge in [-0.3, -0.25) is 4.79 Å². The normalized spacial score (nSPS) is 18.0. The summed E-state index contributed by atoms with van der Waals surface area (Å²) in [4.78, 5) is 17.7. The van der Waals surface area contributed by atoms with Crippen molar-refractivity contribution in [2.75, 3.05) is 18.6 Å². The second-order valence-corrected chi connectivity index (χ2v) is 11.7. The first kappa shape index (κ1) is 23.6. The molecule has 1 aliphatic rings. The maximum atomic E-state index is 13.9. The van der Waals surface area contributed by atoms with E-state index in [1.165, 1.54) is 17.4 Å². The van der Waals surface area contributed by atoms with Crippen LogP contribution in [0.15, 0.2) is 42.5 Å². The topological polar surface area (TPSA) is 111 Å². The molecule has 0 aliphatic carbocycles. The highest BCUT2D eigenvalue weighted by Crippen LogP contribution is 2.39. The van der Waals surface area contributed by atoms with Crippen molar-refractivity contribution in [2.45, 2.75) is 37.3 Å². The highest BCUT2D eigenvalue weighted by Gasteiger charge is 2.42. The molecule has 4 rings (SSSR count). The van der Waals surface area contributed by atoms with Crippen LogP contribution in [-0.4, -0.2) is 44.0 Å². The van der Waals surface area contributed by atoms with Crippen LogP contribution in [0.3, 0.4) is 0 Å². The van der Waals surface area contributed by atoms with E-state index >= 15 is 0 Å². The van der Waals surface area contributed by atoms with E-state index in [-0.39, 0.29) is 48.9 Å². The number of carbonyl (C=O) groups excluding carboxylic acids is 1. The Bertz CT molecular complexity index is 1260. The van der Waals surface area contributed by atoms with Crippen LogP contribution in [0, 0.1) is 5.82 Å². The number of methoxy groups -OCH3 is 1. The standard InChI is InChI=1S/C23H26FN3O4S2/c1-31-17-6-7-19-20(14-17)32-22(26-19)23(8-10-33(29,30)11-9-23)27-21(28)13-16(25)12-15-4-2-3-5-18(15)24/h2-7,14,16H,8-13,25H2,1H3,(H,27,28)/t16-/m1/s1. The number of hydrogen-bond acceptors (Lipinski definition) is 7. The molecule has 2 aromatic carbocycles. The maximum absolute atomic E-state index is 13.9. The van der Waals surface area contributed by atoms with Gasteiger partial charge in [-0.05, 0) is 49.1 Å².